The van der Waals surface area contributed by atoms with Gasteiger partial charge in [-0.3, -0.25) is 10.3 Å². The molecule has 0 amide bonds. The molecule has 0 saturated carbocycles. The molecule has 0 bridgehead atoms. The minimum absolute atomic E-state index is 0.233. The molecule has 1 fully saturated rings. The number of aromatic nitrogens is 2. The van der Waals surface area contributed by atoms with Gasteiger partial charge in [-0.15, -0.1) is 0 Å². The highest BCUT2D eigenvalue weighted by molar-refractivity contribution is 5.44. The lowest BCUT2D eigenvalue weighted by molar-refractivity contribution is 0.198. The summed E-state index contributed by atoms with van der Waals surface area (Å²) in [5.74, 6) is 5.39. The number of nitrogen functional groups attached to an aromatic ring is 1. The molecule has 0 radical (unpaired) electrons. The first-order valence-corrected chi connectivity index (χ1v) is 6.13. The summed E-state index contributed by atoms with van der Waals surface area (Å²) >= 11 is 0. The molecule has 2 rings (SSSR count). The zero-order valence-corrected chi connectivity index (χ0v) is 10.7. The molecule has 1 aromatic rings. The van der Waals surface area contributed by atoms with E-state index in [4.69, 9.17) is 5.84 Å². The van der Waals surface area contributed by atoms with Crippen LogP contribution in [0, 0.1) is 5.82 Å². The van der Waals surface area contributed by atoms with Crippen LogP contribution in [-0.4, -0.2) is 47.1 Å². The van der Waals surface area contributed by atoms with Crippen LogP contribution in [0.25, 0.3) is 0 Å². The maximum absolute atomic E-state index is 13.7. The van der Waals surface area contributed by atoms with Crippen molar-refractivity contribution in [2.24, 2.45) is 5.84 Å². The van der Waals surface area contributed by atoms with E-state index in [1.807, 2.05) is 4.90 Å². The zero-order chi connectivity index (χ0) is 13.1. The summed E-state index contributed by atoms with van der Waals surface area (Å²) in [6, 6.07) is 0.382. The molecule has 1 atom stereocenters. The summed E-state index contributed by atoms with van der Waals surface area (Å²) in [6.45, 7) is 7.70. The van der Waals surface area contributed by atoms with Crippen molar-refractivity contribution in [2.45, 2.75) is 19.9 Å². The molecule has 1 aliphatic heterocycles. The Morgan fingerprint density at radius 3 is 2.94 bits per heavy atom. The molecule has 1 aromatic heterocycles. The van der Waals surface area contributed by atoms with E-state index >= 15 is 0 Å². The molecule has 1 saturated heterocycles. The predicted octanol–water partition coefficient (Wildman–Crippen LogP) is 0.432. The van der Waals surface area contributed by atoms with Gasteiger partial charge < -0.3 is 4.90 Å². The number of hydrazine groups is 1. The third kappa shape index (κ3) is 2.51. The maximum atomic E-state index is 13.7. The van der Waals surface area contributed by atoms with Crippen LogP contribution in [0.3, 0.4) is 0 Å². The van der Waals surface area contributed by atoms with Crippen molar-refractivity contribution < 1.29 is 4.39 Å². The topological polar surface area (TPSA) is 70.3 Å². The minimum atomic E-state index is -0.411. The van der Waals surface area contributed by atoms with Gasteiger partial charge in [0.1, 0.15) is 0 Å². The van der Waals surface area contributed by atoms with Crippen LogP contribution in [0.1, 0.15) is 13.8 Å². The molecule has 3 N–H and O–H groups in total. The lowest BCUT2D eigenvalue weighted by Crippen LogP contribution is -2.52. The number of piperazine rings is 1. The molecule has 1 unspecified atom stereocenters. The Kier molecular flexibility index (Phi) is 3.93. The molecule has 2 heterocycles. The first-order chi connectivity index (χ1) is 8.65. The van der Waals surface area contributed by atoms with Crippen LogP contribution in [0.4, 0.5) is 16.2 Å². The van der Waals surface area contributed by atoms with E-state index in [1.54, 1.807) is 0 Å². The first kappa shape index (κ1) is 13.0. The van der Waals surface area contributed by atoms with Gasteiger partial charge in [0.15, 0.2) is 11.6 Å². The Morgan fingerprint density at radius 1 is 1.56 bits per heavy atom. The maximum Gasteiger partial charge on any atom is 0.239 e. The number of nitrogens with two attached hydrogens (primary N) is 1. The van der Waals surface area contributed by atoms with Gasteiger partial charge in [-0.1, -0.05) is 6.92 Å². The Hall–Kier alpha value is -1.47. The molecule has 18 heavy (non-hydrogen) atoms. The van der Waals surface area contributed by atoms with Crippen molar-refractivity contribution in [3.63, 3.8) is 0 Å². The second-order valence-electron chi connectivity index (χ2n) is 4.43. The molecule has 7 heteroatoms. The molecule has 0 aromatic carbocycles. The monoisotopic (exact) mass is 254 g/mol. The average Bonchev–Trinajstić information content (AvgIpc) is 2.39. The smallest absolute Gasteiger partial charge is 0.239 e. The minimum Gasteiger partial charge on any atom is -0.351 e. The van der Waals surface area contributed by atoms with Gasteiger partial charge in [-0.2, -0.15) is 4.98 Å². The van der Waals surface area contributed by atoms with E-state index in [-0.39, 0.29) is 5.95 Å². The largest absolute Gasteiger partial charge is 0.351 e. The third-order valence-corrected chi connectivity index (χ3v) is 3.33. The summed E-state index contributed by atoms with van der Waals surface area (Å²) in [5, 5.41) is 0. The fraction of sp³-hybridized carbons (Fsp3) is 0.636. The lowest BCUT2D eigenvalue weighted by atomic mass is 10.2. The third-order valence-electron chi connectivity index (χ3n) is 3.33. The molecule has 0 spiro atoms. The van der Waals surface area contributed by atoms with Crippen molar-refractivity contribution >= 4 is 11.8 Å². The molecular weight excluding hydrogens is 235 g/mol. The van der Waals surface area contributed by atoms with Crippen molar-refractivity contribution in [3.8, 4) is 0 Å². The summed E-state index contributed by atoms with van der Waals surface area (Å²) in [4.78, 5) is 12.1. The van der Waals surface area contributed by atoms with Crippen molar-refractivity contribution in [1.29, 1.82) is 0 Å². The van der Waals surface area contributed by atoms with E-state index < -0.39 is 5.82 Å². The fourth-order valence-corrected chi connectivity index (χ4v) is 2.31. The van der Waals surface area contributed by atoms with Gasteiger partial charge in [0, 0.05) is 25.7 Å². The number of rotatable bonds is 3. The van der Waals surface area contributed by atoms with Crippen LogP contribution in [0.15, 0.2) is 6.20 Å². The quantitative estimate of drug-likeness (QED) is 0.602. The van der Waals surface area contributed by atoms with Crippen LogP contribution >= 0.6 is 0 Å². The van der Waals surface area contributed by atoms with Crippen LogP contribution < -0.4 is 16.2 Å². The van der Waals surface area contributed by atoms with E-state index in [1.165, 1.54) is 0 Å². The Bertz CT molecular complexity index is 413. The van der Waals surface area contributed by atoms with Crippen molar-refractivity contribution in [2.75, 3.05) is 36.5 Å². The standard InChI is InChI=1S/C11H19FN6/c1-3-17-4-5-18(7-8(17)2)10-9(12)6-14-11(15-10)16-13/h6,8H,3-5,7,13H2,1-2H3,(H,14,15,16). The molecule has 6 nitrogen and oxygen atoms in total. The normalized spacial score (nSPS) is 21.1. The molecule has 0 aliphatic carbocycles. The van der Waals surface area contributed by atoms with E-state index in [0.717, 1.165) is 32.4 Å². The van der Waals surface area contributed by atoms with Crippen LogP contribution in [0.5, 0.6) is 0 Å². The van der Waals surface area contributed by atoms with Crippen molar-refractivity contribution in [1.82, 2.24) is 14.9 Å². The molecule has 1 aliphatic rings. The van der Waals surface area contributed by atoms with Crippen LogP contribution in [0.2, 0.25) is 0 Å². The number of hydrogen-bond donors (Lipinski definition) is 2. The highest BCUT2D eigenvalue weighted by Crippen LogP contribution is 2.20. The average molecular weight is 254 g/mol. The van der Waals surface area contributed by atoms with Gasteiger partial charge in [0.2, 0.25) is 5.95 Å². The second-order valence-corrected chi connectivity index (χ2v) is 4.43. The summed E-state index contributed by atoms with van der Waals surface area (Å²) < 4.78 is 13.7. The van der Waals surface area contributed by atoms with Gasteiger partial charge in [-0.25, -0.2) is 15.2 Å². The Labute approximate surface area is 106 Å². The van der Waals surface area contributed by atoms with E-state index in [9.17, 15) is 4.39 Å². The van der Waals surface area contributed by atoms with Gasteiger partial charge >= 0.3 is 0 Å². The number of likely N-dealkylation sites (N-methyl/N-ethyl adjacent to an activating group) is 1. The Morgan fingerprint density at radius 2 is 2.33 bits per heavy atom. The second kappa shape index (κ2) is 5.45. The van der Waals surface area contributed by atoms with Crippen LogP contribution in [-0.2, 0) is 0 Å². The summed E-state index contributed by atoms with van der Waals surface area (Å²) in [6.07, 6.45) is 1.15. The highest BCUT2D eigenvalue weighted by Gasteiger charge is 2.25. The summed E-state index contributed by atoms with van der Waals surface area (Å²) in [5.41, 5.74) is 2.34. The molecular formula is C11H19FN6. The van der Waals surface area contributed by atoms with Gasteiger partial charge in [0.25, 0.3) is 0 Å². The summed E-state index contributed by atoms with van der Waals surface area (Å²) in [7, 11) is 0. The number of nitrogens with one attached hydrogen (secondary N) is 1. The van der Waals surface area contributed by atoms with Gasteiger partial charge in [0.05, 0.1) is 6.20 Å². The lowest BCUT2D eigenvalue weighted by Gasteiger charge is -2.39. The predicted molar refractivity (Wildman–Crippen MR) is 68.7 cm³/mol. The number of hydrogen-bond acceptors (Lipinski definition) is 6. The zero-order valence-electron chi connectivity index (χ0n) is 10.7. The number of halogens is 1. The first-order valence-electron chi connectivity index (χ1n) is 6.13. The number of anilines is 2. The highest BCUT2D eigenvalue weighted by atomic mass is 19.1. The fourth-order valence-electron chi connectivity index (χ4n) is 2.31. The van der Waals surface area contributed by atoms with Crippen molar-refractivity contribution in [3.05, 3.63) is 12.0 Å². The molecule has 100 valence electrons. The van der Waals surface area contributed by atoms with E-state index in [2.05, 4.69) is 34.1 Å². The number of nitrogens with zero attached hydrogens (tertiary/aromatic N) is 4. The Balaban J connectivity index is 2.17. The SMILES string of the molecule is CCN1CCN(c2nc(NN)ncc2F)CC1C. The van der Waals surface area contributed by atoms with Gasteiger partial charge in [-0.05, 0) is 13.5 Å². The van der Waals surface area contributed by atoms with E-state index in [0.29, 0.717) is 11.9 Å².